The van der Waals surface area contributed by atoms with Crippen LogP contribution in [-0.4, -0.2) is 30.2 Å². The largest absolute Gasteiger partial charge is 0.334 e. The van der Waals surface area contributed by atoms with Crippen molar-refractivity contribution in [1.82, 2.24) is 4.90 Å². The predicted molar refractivity (Wildman–Crippen MR) is 60.7 cm³/mol. The highest BCUT2D eigenvalue weighted by molar-refractivity contribution is 5.97. The Morgan fingerprint density at radius 1 is 1.24 bits per heavy atom. The average Bonchev–Trinajstić information content (AvgIpc) is 2.39. The maximum atomic E-state index is 12.7. The molecule has 4 heteroatoms. The SMILES string of the molecule is O=[C]N1CCC(C(=O)c2ccc(F)cc2)CC1. The minimum atomic E-state index is -0.341. The smallest absolute Gasteiger partial charge is 0.312 e. The molecule has 17 heavy (non-hydrogen) atoms. The topological polar surface area (TPSA) is 37.4 Å². The van der Waals surface area contributed by atoms with Gasteiger partial charge in [0, 0.05) is 24.6 Å². The highest BCUT2D eigenvalue weighted by atomic mass is 19.1. The summed E-state index contributed by atoms with van der Waals surface area (Å²) in [5, 5.41) is 0. The molecule has 1 amide bonds. The molecule has 1 fully saturated rings. The molecule has 0 aliphatic carbocycles. The zero-order valence-corrected chi connectivity index (χ0v) is 9.36. The van der Waals surface area contributed by atoms with Crippen LogP contribution in [0.4, 0.5) is 4.39 Å². The maximum Gasteiger partial charge on any atom is 0.312 e. The summed E-state index contributed by atoms with van der Waals surface area (Å²) in [7, 11) is 0. The van der Waals surface area contributed by atoms with Gasteiger partial charge in [0.2, 0.25) is 0 Å². The number of piperidine rings is 1. The lowest BCUT2D eigenvalue weighted by Gasteiger charge is -2.27. The van der Waals surface area contributed by atoms with Crippen molar-refractivity contribution in [3.05, 3.63) is 35.6 Å². The lowest BCUT2D eigenvalue weighted by Crippen LogP contribution is -2.35. The number of benzene rings is 1. The maximum absolute atomic E-state index is 12.7. The van der Waals surface area contributed by atoms with E-state index in [0.717, 1.165) is 0 Å². The Hall–Kier alpha value is -1.71. The summed E-state index contributed by atoms with van der Waals surface area (Å²) < 4.78 is 12.7. The van der Waals surface area contributed by atoms with Crippen LogP contribution in [0.25, 0.3) is 0 Å². The minimum absolute atomic E-state index is 0.0375. The standard InChI is InChI=1S/C13H13FNO2/c14-12-3-1-10(2-4-12)13(17)11-5-7-15(9-16)8-6-11/h1-4,11H,5-8H2. The van der Waals surface area contributed by atoms with Crippen LogP contribution in [0.3, 0.4) is 0 Å². The minimum Gasteiger partial charge on any atom is -0.334 e. The van der Waals surface area contributed by atoms with Gasteiger partial charge in [-0.25, -0.2) is 4.39 Å². The third-order valence-electron chi connectivity index (χ3n) is 3.12. The molecule has 0 unspecified atom stereocenters. The van der Waals surface area contributed by atoms with E-state index in [2.05, 4.69) is 0 Å². The molecule has 0 N–H and O–H groups in total. The molecule has 89 valence electrons. The molecule has 2 rings (SSSR count). The lowest BCUT2D eigenvalue weighted by molar-refractivity contribution is 0.0871. The number of halogens is 1. The normalized spacial score (nSPS) is 16.9. The van der Waals surface area contributed by atoms with Crippen molar-refractivity contribution in [2.75, 3.05) is 13.1 Å². The molecule has 0 bridgehead atoms. The molecular formula is C13H13FNO2. The van der Waals surface area contributed by atoms with Gasteiger partial charge in [-0.2, -0.15) is 0 Å². The van der Waals surface area contributed by atoms with E-state index in [4.69, 9.17) is 0 Å². The summed E-state index contributed by atoms with van der Waals surface area (Å²) in [6, 6.07) is 5.61. The summed E-state index contributed by atoms with van der Waals surface area (Å²) >= 11 is 0. The molecular weight excluding hydrogens is 221 g/mol. The van der Waals surface area contributed by atoms with Crippen LogP contribution in [-0.2, 0) is 4.79 Å². The number of amides is 1. The summed E-state index contributed by atoms with van der Waals surface area (Å²) in [5.41, 5.74) is 0.542. The highest BCUT2D eigenvalue weighted by Gasteiger charge is 2.25. The summed E-state index contributed by atoms with van der Waals surface area (Å²) in [4.78, 5) is 24.0. The van der Waals surface area contributed by atoms with E-state index in [-0.39, 0.29) is 17.5 Å². The molecule has 0 saturated carbocycles. The zero-order chi connectivity index (χ0) is 12.3. The van der Waals surface area contributed by atoms with E-state index < -0.39 is 0 Å². The van der Waals surface area contributed by atoms with Gasteiger partial charge >= 0.3 is 6.41 Å². The Balaban J connectivity index is 2.01. The second kappa shape index (κ2) is 5.08. The second-order valence-corrected chi connectivity index (χ2v) is 4.22. The van der Waals surface area contributed by atoms with Crippen LogP contribution in [0.5, 0.6) is 0 Å². The summed E-state index contributed by atoms with van der Waals surface area (Å²) in [5.74, 6) is -0.368. The van der Waals surface area contributed by atoms with Crippen LogP contribution in [0, 0.1) is 11.7 Å². The molecule has 1 heterocycles. The van der Waals surface area contributed by atoms with E-state index in [9.17, 15) is 14.0 Å². The summed E-state index contributed by atoms with van der Waals surface area (Å²) in [6.07, 6.45) is 3.15. The second-order valence-electron chi connectivity index (χ2n) is 4.22. The summed E-state index contributed by atoms with van der Waals surface area (Å²) in [6.45, 7) is 1.14. The van der Waals surface area contributed by atoms with Crippen LogP contribution in [0.15, 0.2) is 24.3 Å². The average molecular weight is 234 g/mol. The number of carbonyl (C=O) groups excluding carboxylic acids is 2. The third-order valence-corrected chi connectivity index (χ3v) is 3.12. The Kier molecular flexibility index (Phi) is 3.52. The van der Waals surface area contributed by atoms with Crippen molar-refractivity contribution in [2.24, 2.45) is 5.92 Å². The molecule has 1 radical (unpaired) electrons. The molecule has 1 saturated heterocycles. The number of nitrogens with zero attached hydrogens (tertiary/aromatic N) is 1. The number of hydrogen-bond acceptors (Lipinski definition) is 2. The number of hydrogen-bond donors (Lipinski definition) is 0. The van der Waals surface area contributed by atoms with E-state index in [1.165, 1.54) is 24.3 Å². The lowest BCUT2D eigenvalue weighted by atomic mass is 9.89. The van der Waals surface area contributed by atoms with Gasteiger partial charge in [0.1, 0.15) is 5.82 Å². The Morgan fingerprint density at radius 2 is 1.82 bits per heavy atom. The van der Waals surface area contributed by atoms with Gasteiger partial charge in [0.05, 0.1) is 0 Å². The van der Waals surface area contributed by atoms with Gasteiger partial charge in [0.25, 0.3) is 0 Å². The number of rotatable bonds is 3. The number of Topliss-reactive ketones (excluding diaryl/α,β-unsaturated/α-hetero) is 1. The first-order valence-corrected chi connectivity index (χ1v) is 5.63. The zero-order valence-electron chi connectivity index (χ0n) is 9.36. The van der Waals surface area contributed by atoms with E-state index in [1.807, 2.05) is 6.41 Å². The van der Waals surface area contributed by atoms with Crippen LogP contribution in [0.1, 0.15) is 23.2 Å². The molecule has 1 aliphatic rings. The van der Waals surface area contributed by atoms with Gasteiger partial charge in [-0.05, 0) is 37.1 Å². The number of carbonyl (C=O) groups is 1. The van der Waals surface area contributed by atoms with Crippen LogP contribution in [0.2, 0.25) is 0 Å². The first kappa shape index (κ1) is 11.8. The van der Waals surface area contributed by atoms with E-state index >= 15 is 0 Å². The molecule has 0 spiro atoms. The Labute approximate surface area is 99.2 Å². The van der Waals surface area contributed by atoms with E-state index in [0.29, 0.717) is 31.5 Å². The molecule has 1 aromatic rings. The first-order chi connectivity index (χ1) is 8.20. The van der Waals surface area contributed by atoms with Gasteiger partial charge in [-0.1, -0.05) is 0 Å². The first-order valence-electron chi connectivity index (χ1n) is 5.63. The predicted octanol–water partition coefficient (Wildman–Crippen LogP) is 1.79. The van der Waals surface area contributed by atoms with Gasteiger partial charge in [0.15, 0.2) is 5.78 Å². The van der Waals surface area contributed by atoms with E-state index in [1.54, 1.807) is 4.90 Å². The fourth-order valence-corrected chi connectivity index (χ4v) is 2.08. The van der Waals surface area contributed by atoms with Crippen molar-refractivity contribution >= 4 is 12.2 Å². The fourth-order valence-electron chi connectivity index (χ4n) is 2.08. The van der Waals surface area contributed by atoms with Gasteiger partial charge < -0.3 is 4.90 Å². The molecule has 3 nitrogen and oxygen atoms in total. The Bertz CT molecular complexity index is 408. The van der Waals surface area contributed by atoms with Crippen molar-refractivity contribution in [2.45, 2.75) is 12.8 Å². The highest BCUT2D eigenvalue weighted by Crippen LogP contribution is 2.21. The molecule has 1 aromatic carbocycles. The number of likely N-dealkylation sites (tertiary alicyclic amines) is 1. The molecule has 1 aliphatic heterocycles. The number of ketones is 1. The third kappa shape index (κ3) is 2.70. The van der Waals surface area contributed by atoms with Crippen molar-refractivity contribution in [3.63, 3.8) is 0 Å². The van der Waals surface area contributed by atoms with Crippen LogP contribution >= 0.6 is 0 Å². The molecule has 0 aromatic heterocycles. The van der Waals surface area contributed by atoms with Crippen molar-refractivity contribution in [3.8, 4) is 0 Å². The fraction of sp³-hybridized carbons (Fsp3) is 0.385. The quantitative estimate of drug-likeness (QED) is 0.748. The van der Waals surface area contributed by atoms with Crippen LogP contribution < -0.4 is 0 Å². The molecule has 0 atom stereocenters. The van der Waals surface area contributed by atoms with Gasteiger partial charge in [-0.15, -0.1) is 0 Å². The Morgan fingerprint density at radius 3 is 2.35 bits per heavy atom. The monoisotopic (exact) mass is 234 g/mol. The van der Waals surface area contributed by atoms with Gasteiger partial charge in [-0.3, -0.25) is 9.59 Å². The van der Waals surface area contributed by atoms with Crippen molar-refractivity contribution < 1.29 is 14.0 Å². The van der Waals surface area contributed by atoms with Crippen molar-refractivity contribution in [1.29, 1.82) is 0 Å².